The molecule has 7 heteroatoms. The summed E-state index contributed by atoms with van der Waals surface area (Å²) in [5.41, 5.74) is -0.174. The lowest BCUT2D eigenvalue weighted by molar-refractivity contribution is 0.0713. The Morgan fingerprint density at radius 3 is 1.67 bits per heavy atom. The summed E-state index contributed by atoms with van der Waals surface area (Å²) in [6.45, 7) is 6.58. The summed E-state index contributed by atoms with van der Waals surface area (Å²) in [6.07, 6.45) is 0.0319. The molecule has 120 valence electrons. The molecule has 0 fully saturated rings. The van der Waals surface area contributed by atoms with Crippen molar-refractivity contribution in [3.05, 3.63) is 35.1 Å². The van der Waals surface area contributed by atoms with Crippen molar-refractivity contribution in [1.29, 1.82) is 0 Å². The predicted octanol–water partition coefficient (Wildman–Crippen LogP) is 3.69. The van der Waals surface area contributed by atoms with E-state index in [2.05, 4.69) is 0 Å². The van der Waals surface area contributed by atoms with Crippen LogP contribution in [-0.4, -0.2) is 28.6 Å². The van der Waals surface area contributed by atoms with Crippen molar-refractivity contribution in [2.24, 2.45) is 0 Å². The summed E-state index contributed by atoms with van der Waals surface area (Å²) in [4.78, 5) is 0. The van der Waals surface area contributed by atoms with Gasteiger partial charge in [0.1, 0.15) is 17.5 Å². The van der Waals surface area contributed by atoms with Gasteiger partial charge in [0.05, 0.1) is 0 Å². The molecule has 0 aliphatic heterocycles. The molecule has 3 nitrogen and oxygen atoms in total. The lowest BCUT2D eigenvalue weighted by Crippen LogP contribution is -2.46. The Morgan fingerprint density at radius 1 is 0.857 bits per heavy atom. The SMILES string of the molecule is CCO[Si](CCc1c(F)cc(F)cc1F)(OCC)OCC. The molecule has 0 spiro atoms. The van der Waals surface area contributed by atoms with Crippen LogP contribution in [0.4, 0.5) is 13.2 Å². The van der Waals surface area contributed by atoms with E-state index in [1.54, 1.807) is 20.8 Å². The average Bonchev–Trinajstić information content (AvgIpc) is 2.38. The molecular weight excluding hydrogens is 301 g/mol. The summed E-state index contributed by atoms with van der Waals surface area (Å²) in [7, 11) is -2.96. The van der Waals surface area contributed by atoms with Crippen molar-refractivity contribution >= 4 is 8.80 Å². The zero-order valence-corrected chi connectivity index (χ0v) is 13.5. The number of hydrogen-bond donors (Lipinski definition) is 0. The molecule has 0 aromatic heterocycles. The molecule has 0 saturated carbocycles. The molecule has 1 aromatic carbocycles. The minimum absolute atomic E-state index is 0.0319. The van der Waals surface area contributed by atoms with Crippen LogP contribution < -0.4 is 0 Å². The van der Waals surface area contributed by atoms with Crippen molar-refractivity contribution in [1.82, 2.24) is 0 Å². The van der Waals surface area contributed by atoms with Crippen LogP contribution >= 0.6 is 0 Å². The normalized spacial score (nSPS) is 11.9. The lowest BCUT2D eigenvalue weighted by Gasteiger charge is -2.28. The van der Waals surface area contributed by atoms with Gasteiger partial charge in [0.2, 0.25) is 0 Å². The number of rotatable bonds is 9. The van der Waals surface area contributed by atoms with Gasteiger partial charge >= 0.3 is 8.80 Å². The van der Waals surface area contributed by atoms with Gasteiger partial charge in [0.15, 0.2) is 0 Å². The second kappa shape index (κ2) is 8.53. The Kier molecular flexibility index (Phi) is 7.37. The molecule has 0 heterocycles. The third-order valence-electron chi connectivity index (χ3n) is 2.88. The Hall–Kier alpha value is -0.893. The van der Waals surface area contributed by atoms with Crippen LogP contribution in [0.25, 0.3) is 0 Å². The van der Waals surface area contributed by atoms with E-state index in [4.69, 9.17) is 13.3 Å². The van der Waals surface area contributed by atoms with Crippen LogP contribution in [0.5, 0.6) is 0 Å². The monoisotopic (exact) mass is 322 g/mol. The quantitative estimate of drug-likeness (QED) is 0.649. The molecule has 0 atom stereocenters. The Balaban J connectivity index is 2.90. The van der Waals surface area contributed by atoms with E-state index in [0.717, 1.165) is 0 Å². The zero-order valence-electron chi connectivity index (χ0n) is 12.5. The maximum absolute atomic E-state index is 13.7. The Labute approximate surface area is 124 Å². The summed E-state index contributed by atoms with van der Waals surface area (Å²) in [6, 6.07) is 1.58. The first-order valence-corrected chi connectivity index (χ1v) is 8.96. The first-order chi connectivity index (χ1) is 9.98. The van der Waals surface area contributed by atoms with Gasteiger partial charge in [-0.1, -0.05) is 0 Å². The highest BCUT2D eigenvalue weighted by atomic mass is 28.4. The van der Waals surface area contributed by atoms with E-state index in [1.807, 2.05) is 0 Å². The standard InChI is InChI=1S/C14H21F3O3Si/c1-4-18-21(19-5-2,20-6-3)8-7-12-13(16)9-11(15)10-14(12)17/h9-10H,4-8H2,1-3H3. The van der Waals surface area contributed by atoms with Gasteiger partial charge in [-0.15, -0.1) is 0 Å². The molecule has 0 bridgehead atoms. The first-order valence-electron chi connectivity index (χ1n) is 7.03. The molecule has 0 saturated heterocycles. The van der Waals surface area contributed by atoms with Crippen LogP contribution in [0.3, 0.4) is 0 Å². The number of halogens is 3. The molecule has 0 aliphatic carbocycles. The molecule has 0 aliphatic rings. The average molecular weight is 322 g/mol. The van der Waals surface area contributed by atoms with Crippen LogP contribution in [0.2, 0.25) is 6.04 Å². The van der Waals surface area contributed by atoms with Crippen molar-refractivity contribution in [3.8, 4) is 0 Å². The summed E-state index contributed by atoms with van der Waals surface area (Å²) < 4.78 is 57.0. The van der Waals surface area contributed by atoms with Gasteiger partial charge < -0.3 is 13.3 Å². The predicted molar refractivity (Wildman–Crippen MR) is 75.5 cm³/mol. The fraction of sp³-hybridized carbons (Fsp3) is 0.571. The summed E-state index contributed by atoms with van der Waals surface area (Å²) >= 11 is 0. The van der Waals surface area contributed by atoms with Gasteiger partial charge in [-0.25, -0.2) is 13.2 Å². The van der Waals surface area contributed by atoms with Gasteiger partial charge in [0.25, 0.3) is 0 Å². The topological polar surface area (TPSA) is 27.7 Å². The van der Waals surface area contributed by atoms with E-state index >= 15 is 0 Å². The fourth-order valence-corrected chi connectivity index (χ4v) is 4.65. The maximum Gasteiger partial charge on any atom is 0.501 e. The summed E-state index contributed by atoms with van der Waals surface area (Å²) in [5, 5.41) is 0. The fourth-order valence-electron chi connectivity index (χ4n) is 2.09. The summed E-state index contributed by atoms with van der Waals surface area (Å²) in [5.74, 6) is -2.74. The van der Waals surface area contributed by atoms with Gasteiger partial charge in [-0.3, -0.25) is 0 Å². The van der Waals surface area contributed by atoms with Crippen molar-refractivity contribution in [2.75, 3.05) is 19.8 Å². The second-order valence-corrected chi connectivity index (χ2v) is 7.06. The van der Waals surface area contributed by atoms with Crippen LogP contribution in [0.15, 0.2) is 12.1 Å². The first kappa shape index (κ1) is 18.2. The van der Waals surface area contributed by atoms with Gasteiger partial charge in [-0.05, 0) is 27.2 Å². The van der Waals surface area contributed by atoms with Crippen molar-refractivity contribution in [2.45, 2.75) is 33.2 Å². The van der Waals surface area contributed by atoms with Crippen LogP contribution in [-0.2, 0) is 19.7 Å². The zero-order chi connectivity index (χ0) is 15.9. The smallest absolute Gasteiger partial charge is 0.374 e. The van der Waals surface area contributed by atoms with E-state index < -0.39 is 26.3 Å². The van der Waals surface area contributed by atoms with E-state index in [0.29, 0.717) is 32.0 Å². The van der Waals surface area contributed by atoms with Crippen LogP contribution in [0, 0.1) is 17.5 Å². The molecule has 0 amide bonds. The highest BCUT2D eigenvalue weighted by Crippen LogP contribution is 2.23. The largest absolute Gasteiger partial charge is 0.501 e. The highest BCUT2D eigenvalue weighted by Gasteiger charge is 2.40. The van der Waals surface area contributed by atoms with Crippen LogP contribution in [0.1, 0.15) is 26.3 Å². The molecule has 21 heavy (non-hydrogen) atoms. The van der Waals surface area contributed by atoms with Gasteiger partial charge in [0, 0.05) is 43.6 Å². The minimum atomic E-state index is -2.96. The molecule has 1 rings (SSSR count). The molecule has 0 N–H and O–H groups in total. The van der Waals surface area contributed by atoms with Crippen molar-refractivity contribution < 1.29 is 26.4 Å². The van der Waals surface area contributed by atoms with E-state index in [9.17, 15) is 13.2 Å². The van der Waals surface area contributed by atoms with E-state index in [-0.39, 0.29) is 18.0 Å². The van der Waals surface area contributed by atoms with E-state index in [1.165, 1.54) is 0 Å². The Bertz CT molecular complexity index is 417. The molecular formula is C14H21F3O3Si. The lowest BCUT2D eigenvalue weighted by atomic mass is 10.1. The van der Waals surface area contributed by atoms with Gasteiger partial charge in [-0.2, -0.15) is 0 Å². The molecule has 1 aromatic rings. The number of hydrogen-bond acceptors (Lipinski definition) is 3. The maximum atomic E-state index is 13.7. The minimum Gasteiger partial charge on any atom is -0.374 e. The third-order valence-corrected chi connectivity index (χ3v) is 5.93. The third kappa shape index (κ3) is 5.10. The number of benzene rings is 1. The second-order valence-electron chi connectivity index (χ2n) is 4.33. The molecule has 0 unspecified atom stereocenters. The molecule has 0 radical (unpaired) electrons. The highest BCUT2D eigenvalue weighted by molar-refractivity contribution is 6.60. The Morgan fingerprint density at radius 2 is 1.29 bits per heavy atom. The van der Waals surface area contributed by atoms with Crippen molar-refractivity contribution in [3.63, 3.8) is 0 Å².